The van der Waals surface area contributed by atoms with Crippen LogP contribution in [0, 0.1) is 6.92 Å². The van der Waals surface area contributed by atoms with Gasteiger partial charge >= 0.3 is 0 Å². The number of benzene rings is 1. The summed E-state index contributed by atoms with van der Waals surface area (Å²) in [5.74, 6) is 0. The van der Waals surface area contributed by atoms with Gasteiger partial charge in [0.25, 0.3) is 0 Å². The normalized spacial score (nSPS) is 10.9. The van der Waals surface area contributed by atoms with Crippen LogP contribution in [0.2, 0.25) is 0 Å². The number of aromatic nitrogens is 1. The molecule has 2 aromatic rings. The third kappa shape index (κ3) is 4.76. The average Bonchev–Trinajstić information content (AvgIpc) is 2.46. The Hall–Kier alpha value is -1.71. The van der Waals surface area contributed by atoms with E-state index in [-0.39, 0.29) is 0 Å². The number of nitrogens with zero attached hydrogens (tertiary/aromatic N) is 2. The molecule has 1 heterocycles. The smallest absolute Gasteiger partial charge is 0.0313 e. The van der Waals surface area contributed by atoms with Gasteiger partial charge in [-0.05, 0) is 36.6 Å². The maximum Gasteiger partial charge on any atom is 0.0313 e. The third-order valence-corrected chi connectivity index (χ3v) is 3.27. The highest BCUT2D eigenvalue weighted by Gasteiger charge is 2.07. The van der Waals surface area contributed by atoms with Crippen molar-refractivity contribution in [1.82, 2.24) is 9.88 Å². The molecule has 0 amide bonds. The fourth-order valence-electron chi connectivity index (χ4n) is 2.33. The van der Waals surface area contributed by atoms with E-state index in [0.29, 0.717) is 0 Å². The van der Waals surface area contributed by atoms with E-state index in [1.165, 1.54) is 16.7 Å². The topological polar surface area (TPSA) is 42.2 Å². The lowest BCUT2D eigenvalue weighted by atomic mass is 10.1. The first-order valence-corrected chi connectivity index (χ1v) is 7.15. The van der Waals surface area contributed by atoms with Crippen LogP contribution in [0.5, 0.6) is 0 Å². The molecule has 20 heavy (non-hydrogen) atoms. The van der Waals surface area contributed by atoms with Gasteiger partial charge in [0.05, 0.1) is 0 Å². The molecule has 0 aliphatic heterocycles. The van der Waals surface area contributed by atoms with E-state index < -0.39 is 0 Å². The number of hydrogen-bond donors (Lipinski definition) is 1. The largest absolute Gasteiger partial charge is 0.330 e. The highest BCUT2D eigenvalue weighted by Crippen LogP contribution is 2.10. The van der Waals surface area contributed by atoms with Crippen LogP contribution in [0.15, 0.2) is 48.8 Å². The van der Waals surface area contributed by atoms with E-state index in [1.54, 1.807) is 0 Å². The second-order valence-corrected chi connectivity index (χ2v) is 5.21. The molecular formula is C17H23N3. The molecule has 1 aromatic carbocycles. The van der Waals surface area contributed by atoms with Crippen LogP contribution < -0.4 is 5.73 Å². The van der Waals surface area contributed by atoms with Crippen LogP contribution in [-0.2, 0) is 13.1 Å². The molecule has 0 fully saturated rings. The molecule has 1 aromatic heterocycles. The minimum absolute atomic E-state index is 0.733. The van der Waals surface area contributed by atoms with E-state index in [1.807, 2.05) is 12.4 Å². The Morgan fingerprint density at radius 1 is 1.05 bits per heavy atom. The summed E-state index contributed by atoms with van der Waals surface area (Å²) in [4.78, 5) is 6.70. The average molecular weight is 269 g/mol. The van der Waals surface area contributed by atoms with Crippen molar-refractivity contribution in [2.24, 2.45) is 5.73 Å². The molecule has 0 bridgehead atoms. The quantitative estimate of drug-likeness (QED) is 0.840. The van der Waals surface area contributed by atoms with Crippen molar-refractivity contribution in [1.29, 1.82) is 0 Å². The fourth-order valence-corrected chi connectivity index (χ4v) is 2.33. The summed E-state index contributed by atoms with van der Waals surface area (Å²) in [6.45, 7) is 5.70. The lowest BCUT2D eigenvalue weighted by Gasteiger charge is -2.22. The third-order valence-electron chi connectivity index (χ3n) is 3.27. The van der Waals surface area contributed by atoms with Gasteiger partial charge in [0.15, 0.2) is 0 Å². The zero-order valence-corrected chi connectivity index (χ0v) is 12.1. The lowest BCUT2D eigenvalue weighted by molar-refractivity contribution is 0.254. The van der Waals surface area contributed by atoms with E-state index in [4.69, 9.17) is 5.73 Å². The molecule has 0 saturated heterocycles. The Kier molecular flexibility index (Phi) is 5.71. The number of rotatable bonds is 7. The van der Waals surface area contributed by atoms with Crippen LogP contribution in [0.25, 0.3) is 0 Å². The predicted octanol–water partition coefficient (Wildman–Crippen LogP) is 2.74. The zero-order chi connectivity index (χ0) is 14.2. The Morgan fingerprint density at radius 2 is 1.80 bits per heavy atom. The second-order valence-electron chi connectivity index (χ2n) is 5.21. The van der Waals surface area contributed by atoms with Crippen molar-refractivity contribution in [3.05, 3.63) is 65.5 Å². The molecule has 0 aliphatic carbocycles. The summed E-state index contributed by atoms with van der Waals surface area (Å²) in [6, 6.07) is 12.8. The molecule has 0 radical (unpaired) electrons. The molecule has 2 rings (SSSR count). The molecule has 0 aliphatic rings. The first-order valence-electron chi connectivity index (χ1n) is 7.15. The van der Waals surface area contributed by atoms with Crippen LogP contribution in [0.3, 0.4) is 0 Å². The van der Waals surface area contributed by atoms with E-state index in [2.05, 4.69) is 53.2 Å². The molecule has 106 valence electrons. The molecule has 3 heteroatoms. The molecule has 0 atom stereocenters. The lowest BCUT2D eigenvalue weighted by Crippen LogP contribution is -2.25. The van der Waals surface area contributed by atoms with Crippen molar-refractivity contribution in [2.75, 3.05) is 13.1 Å². The van der Waals surface area contributed by atoms with Crippen LogP contribution >= 0.6 is 0 Å². The summed E-state index contributed by atoms with van der Waals surface area (Å²) >= 11 is 0. The van der Waals surface area contributed by atoms with Crippen molar-refractivity contribution >= 4 is 0 Å². The minimum Gasteiger partial charge on any atom is -0.330 e. The second kappa shape index (κ2) is 7.78. The standard InChI is InChI=1S/C17H23N3/c1-15-10-17(12-19-11-15)14-20(9-5-8-18)13-16-6-3-2-4-7-16/h2-4,6-7,10-12H,5,8-9,13-14,18H2,1H3. The summed E-state index contributed by atoms with van der Waals surface area (Å²) < 4.78 is 0. The number of aryl methyl sites for hydroxylation is 1. The molecule has 0 saturated carbocycles. The van der Waals surface area contributed by atoms with Gasteiger partial charge in [-0.3, -0.25) is 9.88 Å². The van der Waals surface area contributed by atoms with Gasteiger partial charge < -0.3 is 5.73 Å². The van der Waals surface area contributed by atoms with Gasteiger partial charge in [0.2, 0.25) is 0 Å². The Balaban J connectivity index is 2.03. The maximum atomic E-state index is 5.65. The first kappa shape index (κ1) is 14.7. The monoisotopic (exact) mass is 269 g/mol. The Labute approximate surface area is 121 Å². The minimum atomic E-state index is 0.733. The highest BCUT2D eigenvalue weighted by molar-refractivity contribution is 5.18. The first-order chi connectivity index (χ1) is 9.78. The van der Waals surface area contributed by atoms with Crippen molar-refractivity contribution in [2.45, 2.75) is 26.4 Å². The SMILES string of the molecule is Cc1cncc(CN(CCCN)Cc2ccccc2)c1. The van der Waals surface area contributed by atoms with Gasteiger partial charge in [-0.25, -0.2) is 0 Å². The van der Waals surface area contributed by atoms with Crippen molar-refractivity contribution in [3.63, 3.8) is 0 Å². The van der Waals surface area contributed by atoms with Crippen molar-refractivity contribution < 1.29 is 0 Å². The van der Waals surface area contributed by atoms with Gasteiger partial charge in [-0.1, -0.05) is 36.4 Å². The van der Waals surface area contributed by atoms with E-state index >= 15 is 0 Å². The fraction of sp³-hybridized carbons (Fsp3) is 0.353. The zero-order valence-electron chi connectivity index (χ0n) is 12.1. The van der Waals surface area contributed by atoms with Crippen LogP contribution in [0.1, 0.15) is 23.1 Å². The molecule has 3 nitrogen and oxygen atoms in total. The van der Waals surface area contributed by atoms with E-state index in [0.717, 1.165) is 32.6 Å². The van der Waals surface area contributed by atoms with Crippen molar-refractivity contribution in [3.8, 4) is 0 Å². The van der Waals surface area contributed by atoms with E-state index in [9.17, 15) is 0 Å². The van der Waals surface area contributed by atoms with Gasteiger partial charge in [-0.15, -0.1) is 0 Å². The number of hydrogen-bond acceptors (Lipinski definition) is 3. The number of nitrogens with two attached hydrogens (primary N) is 1. The number of pyridine rings is 1. The molecular weight excluding hydrogens is 246 g/mol. The summed E-state index contributed by atoms with van der Waals surface area (Å²) in [5, 5.41) is 0. The van der Waals surface area contributed by atoms with Crippen LogP contribution in [-0.4, -0.2) is 23.0 Å². The van der Waals surface area contributed by atoms with Gasteiger partial charge in [0.1, 0.15) is 0 Å². The molecule has 0 unspecified atom stereocenters. The maximum absolute atomic E-state index is 5.65. The predicted molar refractivity (Wildman–Crippen MR) is 83.2 cm³/mol. The van der Waals surface area contributed by atoms with Gasteiger partial charge in [-0.2, -0.15) is 0 Å². The summed E-state index contributed by atoms with van der Waals surface area (Å²) in [5.41, 5.74) is 9.46. The van der Waals surface area contributed by atoms with Gasteiger partial charge in [0, 0.05) is 32.0 Å². The Morgan fingerprint density at radius 3 is 2.50 bits per heavy atom. The summed E-state index contributed by atoms with van der Waals surface area (Å²) in [6.07, 6.45) is 4.87. The molecule has 0 spiro atoms. The molecule has 2 N–H and O–H groups in total. The Bertz CT molecular complexity index is 511. The summed E-state index contributed by atoms with van der Waals surface area (Å²) in [7, 11) is 0. The highest BCUT2D eigenvalue weighted by atomic mass is 15.1. The van der Waals surface area contributed by atoms with Crippen LogP contribution in [0.4, 0.5) is 0 Å².